The Bertz CT molecular complexity index is 834. The van der Waals surface area contributed by atoms with Gasteiger partial charge in [-0.15, -0.1) is 0 Å². The molecule has 0 aliphatic heterocycles. The zero-order chi connectivity index (χ0) is 24.8. The van der Waals surface area contributed by atoms with Gasteiger partial charge in [0.25, 0.3) is 0 Å². The van der Waals surface area contributed by atoms with Crippen molar-refractivity contribution in [3.8, 4) is 0 Å². The number of ether oxygens (including phenoxy) is 2. The third-order valence-corrected chi connectivity index (χ3v) is 9.99. The van der Waals surface area contributed by atoms with E-state index in [0.29, 0.717) is 18.8 Å². The van der Waals surface area contributed by atoms with Crippen LogP contribution >= 0.6 is 0 Å². The summed E-state index contributed by atoms with van der Waals surface area (Å²) in [6.07, 6.45) is 5.75. The maximum absolute atomic E-state index is 13.8. The van der Waals surface area contributed by atoms with Crippen molar-refractivity contribution in [1.82, 2.24) is 0 Å². The summed E-state index contributed by atoms with van der Waals surface area (Å²) in [4.78, 5) is 52.7. The number of hydrogen-bond acceptors (Lipinski definition) is 7. The first-order valence-corrected chi connectivity index (χ1v) is 13.2. The van der Waals surface area contributed by atoms with E-state index in [1.54, 1.807) is 13.8 Å². The summed E-state index contributed by atoms with van der Waals surface area (Å²) in [7, 11) is 0. The van der Waals surface area contributed by atoms with Crippen LogP contribution in [0.4, 0.5) is 0 Å². The monoisotopic (exact) mass is 476 g/mol. The molecule has 8 atom stereocenters. The fourth-order valence-electron chi connectivity index (χ4n) is 8.50. The molecule has 4 saturated carbocycles. The van der Waals surface area contributed by atoms with Crippen molar-refractivity contribution < 1.29 is 33.8 Å². The van der Waals surface area contributed by atoms with Crippen molar-refractivity contribution in [2.24, 2.45) is 46.3 Å². The van der Waals surface area contributed by atoms with Crippen LogP contribution in [0.2, 0.25) is 0 Å². The third kappa shape index (κ3) is 3.92. The average Bonchev–Trinajstić information content (AvgIpc) is 3.11. The van der Waals surface area contributed by atoms with Gasteiger partial charge in [0.1, 0.15) is 5.78 Å². The Hall–Kier alpha value is -1.76. The van der Waals surface area contributed by atoms with Gasteiger partial charge in [0.05, 0.1) is 19.3 Å². The molecule has 4 fully saturated rings. The normalized spacial score (nSPS) is 41.3. The van der Waals surface area contributed by atoms with E-state index in [9.17, 15) is 24.3 Å². The largest absolute Gasteiger partial charge is 0.465 e. The molecule has 0 spiro atoms. The summed E-state index contributed by atoms with van der Waals surface area (Å²) in [5, 5.41) is 10.2. The van der Waals surface area contributed by atoms with Crippen molar-refractivity contribution in [2.45, 2.75) is 85.2 Å². The lowest BCUT2D eigenvalue weighted by atomic mass is 9.44. The van der Waals surface area contributed by atoms with Gasteiger partial charge in [-0.2, -0.15) is 0 Å². The summed E-state index contributed by atoms with van der Waals surface area (Å²) >= 11 is 0. The fourth-order valence-corrected chi connectivity index (χ4v) is 8.50. The summed E-state index contributed by atoms with van der Waals surface area (Å²) in [5.41, 5.74) is -0.662. The highest BCUT2D eigenvalue weighted by atomic mass is 16.6. The molecule has 0 heterocycles. The highest BCUT2D eigenvalue weighted by Gasteiger charge is 2.65. The van der Waals surface area contributed by atoms with Crippen LogP contribution in [-0.4, -0.2) is 47.9 Å². The molecule has 0 aromatic heterocycles. The first-order chi connectivity index (χ1) is 16.1. The summed E-state index contributed by atoms with van der Waals surface area (Å²) in [6, 6.07) is 0. The molecule has 0 bridgehead atoms. The summed E-state index contributed by atoms with van der Waals surface area (Å²) < 4.78 is 10.1. The van der Waals surface area contributed by atoms with Gasteiger partial charge in [-0.05, 0) is 87.4 Å². The molecule has 34 heavy (non-hydrogen) atoms. The lowest BCUT2D eigenvalue weighted by Gasteiger charge is -2.59. The Balaban J connectivity index is 1.61. The summed E-state index contributed by atoms with van der Waals surface area (Å²) in [6.45, 7) is 7.69. The van der Waals surface area contributed by atoms with Gasteiger partial charge in [-0.1, -0.05) is 13.8 Å². The van der Waals surface area contributed by atoms with Crippen molar-refractivity contribution in [1.29, 1.82) is 0 Å². The minimum Gasteiger partial charge on any atom is -0.465 e. The molecule has 4 aliphatic rings. The minimum absolute atomic E-state index is 0.0309. The molecule has 0 unspecified atom stereocenters. The van der Waals surface area contributed by atoms with Crippen LogP contribution < -0.4 is 0 Å². The molecule has 0 saturated heterocycles. The van der Waals surface area contributed by atoms with Crippen LogP contribution in [0.3, 0.4) is 0 Å². The van der Waals surface area contributed by atoms with Crippen LogP contribution in [0, 0.1) is 46.3 Å². The van der Waals surface area contributed by atoms with Gasteiger partial charge in [0.15, 0.2) is 5.78 Å². The van der Waals surface area contributed by atoms with E-state index in [2.05, 4.69) is 6.92 Å². The Morgan fingerprint density at radius 1 is 0.971 bits per heavy atom. The van der Waals surface area contributed by atoms with Gasteiger partial charge >= 0.3 is 11.9 Å². The number of carbonyl (C=O) groups excluding carboxylic acids is 4. The first-order valence-electron chi connectivity index (χ1n) is 13.2. The fraction of sp³-hybridized carbons (Fsp3) is 0.852. The van der Waals surface area contributed by atoms with Crippen LogP contribution in [0.5, 0.6) is 0 Å². The number of Topliss-reactive ketones (excluding diaryl/α,β-unsaturated/α-hetero) is 2. The SMILES string of the molecule is CCOC(=O)C(C(=O)OCC)C(=O)[C@H]1CC[C@H]2[C@@H]3CC[C@H]4C[C@H](O)CC[C@]4(C)[C@H]3C(=O)C[C@]12C. The molecular formula is C27H40O7. The van der Waals surface area contributed by atoms with Gasteiger partial charge in [-0.3, -0.25) is 19.2 Å². The van der Waals surface area contributed by atoms with Crippen molar-refractivity contribution in [3.05, 3.63) is 0 Å². The maximum Gasteiger partial charge on any atom is 0.328 e. The van der Waals surface area contributed by atoms with Crippen LogP contribution in [0.15, 0.2) is 0 Å². The van der Waals surface area contributed by atoms with E-state index in [1.807, 2.05) is 6.92 Å². The van der Waals surface area contributed by atoms with Gasteiger partial charge in [0.2, 0.25) is 5.92 Å². The second-order valence-corrected chi connectivity index (χ2v) is 11.6. The predicted molar refractivity (Wildman–Crippen MR) is 123 cm³/mol. The molecule has 0 aromatic rings. The smallest absolute Gasteiger partial charge is 0.328 e. The van der Waals surface area contributed by atoms with E-state index in [1.165, 1.54) is 0 Å². The van der Waals surface area contributed by atoms with Crippen LogP contribution in [0.25, 0.3) is 0 Å². The number of ketones is 2. The number of rotatable bonds is 6. The number of aliphatic hydroxyl groups is 1. The molecule has 1 N–H and O–H groups in total. The van der Waals surface area contributed by atoms with Gasteiger partial charge < -0.3 is 14.6 Å². The highest BCUT2D eigenvalue weighted by molar-refractivity contribution is 6.16. The summed E-state index contributed by atoms with van der Waals surface area (Å²) in [5.74, 6) is -3.31. The number of aliphatic hydroxyl groups excluding tert-OH is 1. The Morgan fingerprint density at radius 2 is 1.62 bits per heavy atom. The Morgan fingerprint density at radius 3 is 2.24 bits per heavy atom. The molecule has 7 nitrogen and oxygen atoms in total. The third-order valence-electron chi connectivity index (χ3n) is 9.99. The van der Waals surface area contributed by atoms with Crippen LogP contribution in [-0.2, 0) is 28.7 Å². The van der Waals surface area contributed by atoms with Crippen LogP contribution in [0.1, 0.15) is 79.1 Å². The predicted octanol–water partition coefficient (Wildman–Crippen LogP) is 3.50. The van der Waals surface area contributed by atoms with Crippen molar-refractivity contribution in [3.63, 3.8) is 0 Å². The topological polar surface area (TPSA) is 107 Å². The van der Waals surface area contributed by atoms with E-state index in [0.717, 1.165) is 38.5 Å². The van der Waals surface area contributed by atoms with Crippen molar-refractivity contribution >= 4 is 23.5 Å². The Kier molecular flexibility index (Phi) is 6.98. The standard InChI is InChI=1S/C27H40O7/c1-5-33-24(31)21(25(32)34-6-2)23(30)19-10-9-18-17-8-7-15-13-16(28)11-12-26(15,3)22(17)20(29)14-27(18,19)4/h15-19,21-22,28H,5-14H2,1-4H3/t15-,16+,17-,18-,19+,22+,26-,27-/m0/s1. The second kappa shape index (κ2) is 9.36. The van der Waals surface area contributed by atoms with E-state index in [4.69, 9.17) is 9.47 Å². The molecule has 7 heteroatoms. The number of carbonyl (C=O) groups is 4. The Labute approximate surface area is 202 Å². The average molecular weight is 477 g/mol. The molecular weight excluding hydrogens is 436 g/mol. The number of fused-ring (bicyclic) bond motifs is 5. The molecule has 190 valence electrons. The number of esters is 2. The van der Waals surface area contributed by atoms with E-state index < -0.39 is 35.0 Å². The van der Waals surface area contributed by atoms with Gasteiger partial charge in [0, 0.05) is 18.3 Å². The quantitative estimate of drug-likeness (QED) is 0.462. The zero-order valence-corrected chi connectivity index (χ0v) is 21.0. The molecule has 4 rings (SSSR count). The lowest BCUT2D eigenvalue weighted by Crippen LogP contribution is -2.58. The minimum atomic E-state index is -1.58. The molecule has 0 radical (unpaired) electrons. The lowest BCUT2D eigenvalue weighted by molar-refractivity contribution is -0.168. The van der Waals surface area contributed by atoms with Crippen molar-refractivity contribution in [2.75, 3.05) is 13.2 Å². The zero-order valence-electron chi connectivity index (χ0n) is 21.0. The molecule has 0 aromatic carbocycles. The highest BCUT2D eigenvalue weighted by Crippen LogP contribution is 2.66. The number of hydrogen-bond donors (Lipinski definition) is 1. The first kappa shape index (κ1) is 25.3. The van der Waals surface area contributed by atoms with E-state index >= 15 is 0 Å². The maximum atomic E-state index is 13.8. The molecule has 4 aliphatic carbocycles. The van der Waals surface area contributed by atoms with E-state index in [-0.39, 0.29) is 48.3 Å². The second-order valence-electron chi connectivity index (χ2n) is 11.6. The van der Waals surface area contributed by atoms with Gasteiger partial charge in [-0.25, -0.2) is 0 Å². The molecule has 0 amide bonds.